The third-order valence-corrected chi connectivity index (χ3v) is 6.38. The molecule has 4 nitrogen and oxygen atoms in total. The van der Waals surface area contributed by atoms with Gasteiger partial charge in [0.2, 0.25) is 0 Å². The van der Waals surface area contributed by atoms with E-state index in [0.717, 1.165) is 51.0 Å². The van der Waals surface area contributed by atoms with Crippen LogP contribution in [0, 0.1) is 5.92 Å². The number of nitrogens with zero attached hydrogens (tertiary/aromatic N) is 2. The maximum atomic E-state index is 6.19. The van der Waals surface area contributed by atoms with E-state index in [-0.39, 0.29) is 24.0 Å². The molecule has 1 aliphatic heterocycles. The van der Waals surface area contributed by atoms with Crippen LogP contribution in [0.15, 0.2) is 21.8 Å². The summed E-state index contributed by atoms with van der Waals surface area (Å²) in [6.45, 7) is 6.27. The quantitative estimate of drug-likeness (QED) is 0.356. The molecule has 3 rings (SSSR count). The molecule has 0 aromatic carbocycles. The normalized spacial score (nSPS) is 20.8. The fourth-order valence-corrected chi connectivity index (χ4v) is 4.72. The zero-order valence-electron chi connectivity index (χ0n) is 16.2. The van der Waals surface area contributed by atoms with Crippen molar-refractivity contribution in [3.8, 4) is 0 Å². The number of likely N-dealkylation sites (tertiary alicyclic amines) is 1. The number of rotatable bonds is 6. The van der Waals surface area contributed by atoms with Gasteiger partial charge >= 0.3 is 0 Å². The number of ether oxygens (including phenoxy) is 1. The molecule has 1 saturated heterocycles. The van der Waals surface area contributed by atoms with Crippen LogP contribution < -0.4 is 5.32 Å². The minimum atomic E-state index is 0. The minimum absolute atomic E-state index is 0. The van der Waals surface area contributed by atoms with Crippen LogP contribution in [0.4, 0.5) is 0 Å². The van der Waals surface area contributed by atoms with Gasteiger partial charge in [0.05, 0.1) is 6.10 Å². The summed E-state index contributed by atoms with van der Waals surface area (Å²) in [7, 11) is 1.89. The first-order valence-electron chi connectivity index (χ1n) is 9.85. The van der Waals surface area contributed by atoms with E-state index in [0.29, 0.717) is 12.0 Å². The van der Waals surface area contributed by atoms with Crippen molar-refractivity contribution in [3.63, 3.8) is 0 Å². The number of aliphatic imine (C=N–C) groups is 1. The Balaban J connectivity index is 0.00000243. The first-order valence-corrected chi connectivity index (χ1v) is 10.8. The zero-order chi connectivity index (χ0) is 17.5. The van der Waals surface area contributed by atoms with Crippen LogP contribution in [0.5, 0.6) is 0 Å². The van der Waals surface area contributed by atoms with Gasteiger partial charge in [0.1, 0.15) is 0 Å². The van der Waals surface area contributed by atoms with Crippen LogP contribution in [0.1, 0.15) is 56.9 Å². The Labute approximate surface area is 179 Å². The van der Waals surface area contributed by atoms with Gasteiger partial charge in [-0.1, -0.05) is 19.8 Å². The SMILES string of the molecule is CN=C(NCC(C)c1ccsc1)N1CCC(OCC2CCCC2)CC1.I. The number of thiophene rings is 1. The van der Waals surface area contributed by atoms with Crippen molar-refractivity contribution in [1.82, 2.24) is 10.2 Å². The summed E-state index contributed by atoms with van der Waals surface area (Å²) in [5.41, 5.74) is 1.41. The van der Waals surface area contributed by atoms with Gasteiger partial charge in [0, 0.05) is 33.3 Å². The highest BCUT2D eigenvalue weighted by Gasteiger charge is 2.24. The van der Waals surface area contributed by atoms with Gasteiger partial charge in [-0.2, -0.15) is 11.3 Å². The summed E-state index contributed by atoms with van der Waals surface area (Å²) < 4.78 is 6.19. The van der Waals surface area contributed by atoms with Crippen LogP contribution in [-0.2, 0) is 4.74 Å². The molecule has 2 heterocycles. The van der Waals surface area contributed by atoms with Crippen molar-refractivity contribution in [2.75, 3.05) is 33.3 Å². The molecule has 1 unspecified atom stereocenters. The molecular weight excluding hydrogens is 457 g/mol. The zero-order valence-corrected chi connectivity index (χ0v) is 19.3. The van der Waals surface area contributed by atoms with Gasteiger partial charge in [-0.25, -0.2) is 0 Å². The summed E-state index contributed by atoms with van der Waals surface area (Å²) in [5, 5.41) is 7.95. The van der Waals surface area contributed by atoms with Gasteiger partial charge < -0.3 is 15.0 Å². The average Bonchev–Trinajstić information content (AvgIpc) is 3.35. The van der Waals surface area contributed by atoms with Crippen molar-refractivity contribution < 1.29 is 4.74 Å². The molecule has 6 heteroatoms. The number of piperidine rings is 1. The average molecular weight is 491 g/mol. The van der Waals surface area contributed by atoms with E-state index in [9.17, 15) is 0 Å². The van der Waals surface area contributed by atoms with E-state index in [4.69, 9.17) is 4.74 Å². The van der Waals surface area contributed by atoms with Crippen molar-refractivity contribution in [1.29, 1.82) is 0 Å². The smallest absolute Gasteiger partial charge is 0.193 e. The van der Waals surface area contributed by atoms with Crippen LogP contribution in [-0.4, -0.2) is 50.3 Å². The number of guanidine groups is 1. The molecule has 0 spiro atoms. The Hall–Kier alpha value is -0.340. The molecular formula is C20H34IN3OS. The number of hydrogen-bond acceptors (Lipinski definition) is 3. The van der Waals surface area contributed by atoms with Crippen LogP contribution in [0.3, 0.4) is 0 Å². The van der Waals surface area contributed by atoms with Crippen LogP contribution >= 0.6 is 35.3 Å². The van der Waals surface area contributed by atoms with E-state index in [1.807, 2.05) is 7.05 Å². The van der Waals surface area contributed by atoms with E-state index >= 15 is 0 Å². The second kappa shape index (κ2) is 11.5. The largest absolute Gasteiger partial charge is 0.378 e. The monoisotopic (exact) mass is 491 g/mol. The molecule has 1 N–H and O–H groups in total. The summed E-state index contributed by atoms with van der Waals surface area (Å²) >= 11 is 1.77. The first kappa shape index (κ1) is 22.0. The second-order valence-corrected chi connectivity index (χ2v) is 8.34. The summed E-state index contributed by atoms with van der Waals surface area (Å²) in [6.07, 6.45) is 8.23. The maximum absolute atomic E-state index is 6.19. The Morgan fingerprint density at radius 3 is 2.65 bits per heavy atom. The molecule has 1 aliphatic carbocycles. The molecule has 2 fully saturated rings. The maximum Gasteiger partial charge on any atom is 0.193 e. The molecule has 0 bridgehead atoms. The number of hydrogen-bond donors (Lipinski definition) is 1. The lowest BCUT2D eigenvalue weighted by Crippen LogP contribution is -2.47. The molecule has 148 valence electrons. The molecule has 0 radical (unpaired) electrons. The minimum Gasteiger partial charge on any atom is -0.378 e. The highest BCUT2D eigenvalue weighted by molar-refractivity contribution is 14.0. The van der Waals surface area contributed by atoms with Crippen molar-refractivity contribution >= 4 is 41.3 Å². The second-order valence-electron chi connectivity index (χ2n) is 7.56. The van der Waals surface area contributed by atoms with Crippen molar-refractivity contribution in [2.24, 2.45) is 10.9 Å². The van der Waals surface area contributed by atoms with Gasteiger partial charge in [0.25, 0.3) is 0 Å². The van der Waals surface area contributed by atoms with E-state index in [1.54, 1.807) is 11.3 Å². The molecule has 1 aromatic heterocycles. The van der Waals surface area contributed by atoms with Gasteiger partial charge in [-0.05, 0) is 59.9 Å². The Kier molecular flexibility index (Phi) is 9.70. The Bertz CT molecular complexity index is 523. The van der Waals surface area contributed by atoms with Crippen LogP contribution in [0.25, 0.3) is 0 Å². The summed E-state index contributed by atoms with van der Waals surface area (Å²) in [5.74, 6) is 2.37. The lowest BCUT2D eigenvalue weighted by atomic mass is 10.1. The molecule has 26 heavy (non-hydrogen) atoms. The number of halogens is 1. The van der Waals surface area contributed by atoms with Crippen molar-refractivity contribution in [3.05, 3.63) is 22.4 Å². The van der Waals surface area contributed by atoms with Crippen molar-refractivity contribution in [2.45, 2.75) is 57.5 Å². The third-order valence-electron chi connectivity index (χ3n) is 5.67. The molecule has 1 atom stereocenters. The highest BCUT2D eigenvalue weighted by Crippen LogP contribution is 2.26. The van der Waals surface area contributed by atoms with Gasteiger partial charge in [-0.3, -0.25) is 4.99 Å². The van der Waals surface area contributed by atoms with E-state index in [1.165, 1.54) is 31.2 Å². The predicted octanol–water partition coefficient (Wildman–Crippen LogP) is 4.72. The molecule has 2 aliphatic rings. The lowest BCUT2D eigenvalue weighted by Gasteiger charge is -2.34. The third kappa shape index (κ3) is 6.37. The fourth-order valence-electron chi connectivity index (χ4n) is 3.93. The Morgan fingerprint density at radius 1 is 1.31 bits per heavy atom. The highest BCUT2D eigenvalue weighted by atomic mass is 127. The van der Waals surface area contributed by atoms with E-state index < -0.39 is 0 Å². The standard InChI is InChI=1S/C20H33N3OS.HI/c1-16(18-9-12-25-15-18)13-22-20(21-2)23-10-7-19(8-11-23)24-14-17-5-3-4-6-17;/h9,12,15-17,19H,3-8,10-11,13-14H2,1-2H3,(H,21,22);1H. The topological polar surface area (TPSA) is 36.9 Å². The summed E-state index contributed by atoms with van der Waals surface area (Å²) in [4.78, 5) is 6.88. The van der Waals surface area contributed by atoms with Crippen LogP contribution in [0.2, 0.25) is 0 Å². The summed E-state index contributed by atoms with van der Waals surface area (Å²) in [6, 6.07) is 2.22. The lowest BCUT2D eigenvalue weighted by molar-refractivity contribution is 0.00102. The van der Waals surface area contributed by atoms with Gasteiger partial charge in [-0.15, -0.1) is 24.0 Å². The van der Waals surface area contributed by atoms with E-state index in [2.05, 4.69) is 39.0 Å². The molecule has 1 saturated carbocycles. The fraction of sp³-hybridized carbons (Fsp3) is 0.750. The number of nitrogens with one attached hydrogen (secondary N) is 1. The predicted molar refractivity (Wildman–Crippen MR) is 122 cm³/mol. The van der Waals surface area contributed by atoms with Gasteiger partial charge in [0.15, 0.2) is 5.96 Å². The molecule has 0 amide bonds. The first-order chi connectivity index (χ1) is 12.3. The Morgan fingerprint density at radius 2 is 2.04 bits per heavy atom. The molecule has 1 aromatic rings.